The molecule has 4 heteroatoms. The Morgan fingerprint density at radius 2 is 1.68 bits per heavy atom. The van der Waals surface area contributed by atoms with Gasteiger partial charge in [0.2, 0.25) is 5.91 Å². The number of Topliss-reactive ketones (excluding diaryl/α,β-unsaturated/α-hetero) is 1. The minimum atomic E-state index is -0.337. The van der Waals surface area contributed by atoms with Crippen LogP contribution in [0.4, 0.5) is 0 Å². The minimum Gasteiger partial charge on any atom is -0.343 e. The number of hydrogen-bond acceptors (Lipinski definition) is 3. The molecule has 0 bridgehead atoms. The highest BCUT2D eigenvalue weighted by Gasteiger charge is 2.30. The van der Waals surface area contributed by atoms with Crippen molar-refractivity contribution in [3.63, 3.8) is 0 Å². The second-order valence-corrected chi connectivity index (χ2v) is 12.2. The highest BCUT2D eigenvalue weighted by molar-refractivity contribution is 7.12. The smallest absolute Gasteiger partial charge is 0.223 e. The van der Waals surface area contributed by atoms with E-state index < -0.39 is 0 Å². The van der Waals surface area contributed by atoms with Crippen molar-refractivity contribution in [1.82, 2.24) is 4.90 Å². The van der Waals surface area contributed by atoms with E-state index in [4.69, 9.17) is 0 Å². The van der Waals surface area contributed by atoms with E-state index in [1.165, 1.54) is 30.4 Å². The van der Waals surface area contributed by atoms with Crippen molar-refractivity contribution >= 4 is 23.0 Å². The predicted molar refractivity (Wildman–Crippen MR) is 144 cm³/mol. The van der Waals surface area contributed by atoms with Crippen LogP contribution in [0.3, 0.4) is 0 Å². The summed E-state index contributed by atoms with van der Waals surface area (Å²) in [6.45, 7) is 8.56. The second kappa shape index (κ2) is 12.2. The molecule has 0 spiro atoms. The normalized spacial score (nSPS) is 15.0. The number of ketones is 1. The zero-order valence-corrected chi connectivity index (χ0v) is 22.7. The van der Waals surface area contributed by atoms with Crippen LogP contribution in [0.15, 0.2) is 35.7 Å². The molecule has 0 aliphatic heterocycles. The van der Waals surface area contributed by atoms with E-state index in [1.807, 2.05) is 17.3 Å². The van der Waals surface area contributed by atoms with Crippen LogP contribution in [-0.2, 0) is 17.6 Å². The molecule has 1 amide bonds. The van der Waals surface area contributed by atoms with E-state index >= 15 is 0 Å². The molecule has 0 atom stereocenters. The fourth-order valence-electron chi connectivity index (χ4n) is 5.11. The summed E-state index contributed by atoms with van der Waals surface area (Å²) in [5.41, 5.74) is 3.56. The number of aryl methyl sites for hydroxylation is 2. The van der Waals surface area contributed by atoms with Crippen molar-refractivity contribution in [3.05, 3.63) is 57.3 Å². The van der Waals surface area contributed by atoms with E-state index in [9.17, 15) is 9.59 Å². The SMILES string of the molecule is CC(C)c1ccc(CCCc2ccsc2C(=O)CC(C)(C)CC(=O)N(C)C2CCCCC2)cc1. The van der Waals surface area contributed by atoms with Crippen LogP contribution in [0.2, 0.25) is 0 Å². The van der Waals surface area contributed by atoms with Crippen molar-refractivity contribution in [1.29, 1.82) is 0 Å². The van der Waals surface area contributed by atoms with Gasteiger partial charge in [-0.1, -0.05) is 71.2 Å². The Kier molecular flexibility index (Phi) is 9.53. The number of thiophene rings is 1. The van der Waals surface area contributed by atoms with Gasteiger partial charge >= 0.3 is 0 Å². The zero-order chi connectivity index (χ0) is 24.7. The maximum absolute atomic E-state index is 13.2. The molecule has 1 aliphatic rings. The van der Waals surface area contributed by atoms with Gasteiger partial charge in [-0.05, 0) is 71.6 Å². The van der Waals surface area contributed by atoms with Gasteiger partial charge < -0.3 is 4.90 Å². The summed E-state index contributed by atoms with van der Waals surface area (Å²) >= 11 is 1.55. The first-order valence-corrected chi connectivity index (χ1v) is 14.0. The average molecular weight is 482 g/mol. The molecule has 0 saturated heterocycles. The Balaban J connectivity index is 1.51. The Morgan fingerprint density at radius 3 is 2.32 bits per heavy atom. The van der Waals surface area contributed by atoms with Crippen molar-refractivity contribution in [3.8, 4) is 0 Å². The third-order valence-electron chi connectivity index (χ3n) is 7.34. The molecule has 1 heterocycles. The van der Waals surface area contributed by atoms with Crippen molar-refractivity contribution < 1.29 is 9.59 Å². The summed E-state index contributed by atoms with van der Waals surface area (Å²) in [6, 6.07) is 11.4. The lowest BCUT2D eigenvalue weighted by Crippen LogP contribution is -2.40. The quantitative estimate of drug-likeness (QED) is 0.307. The van der Waals surface area contributed by atoms with Crippen LogP contribution in [0.1, 0.15) is 111 Å². The van der Waals surface area contributed by atoms with Gasteiger partial charge in [0.05, 0.1) is 4.88 Å². The van der Waals surface area contributed by atoms with Crippen LogP contribution in [0.5, 0.6) is 0 Å². The zero-order valence-electron chi connectivity index (χ0n) is 21.9. The number of benzene rings is 1. The molecular formula is C30H43NO2S. The average Bonchev–Trinajstić information content (AvgIpc) is 3.27. The molecule has 0 unspecified atom stereocenters. The monoisotopic (exact) mass is 481 g/mol. The molecule has 0 N–H and O–H groups in total. The summed E-state index contributed by atoms with van der Waals surface area (Å²) in [6.07, 6.45) is 9.77. The van der Waals surface area contributed by atoms with E-state index in [1.54, 1.807) is 11.3 Å². The van der Waals surface area contributed by atoms with Crippen molar-refractivity contribution in [2.75, 3.05) is 7.05 Å². The number of hydrogen-bond donors (Lipinski definition) is 0. The van der Waals surface area contributed by atoms with Crippen LogP contribution >= 0.6 is 11.3 Å². The van der Waals surface area contributed by atoms with E-state index in [0.29, 0.717) is 24.8 Å². The van der Waals surface area contributed by atoms with Crippen LogP contribution < -0.4 is 0 Å². The third-order valence-corrected chi connectivity index (χ3v) is 8.34. The molecule has 3 rings (SSSR count). The van der Waals surface area contributed by atoms with Gasteiger partial charge in [-0.2, -0.15) is 0 Å². The molecule has 1 fully saturated rings. The van der Waals surface area contributed by atoms with Gasteiger partial charge in [-0.3, -0.25) is 9.59 Å². The molecule has 0 radical (unpaired) electrons. The molecule has 1 saturated carbocycles. The molecule has 1 aliphatic carbocycles. The number of nitrogens with zero attached hydrogens (tertiary/aromatic N) is 1. The maximum Gasteiger partial charge on any atom is 0.223 e. The summed E-state index contributed by atoms with van der Waals surface area (Å²) in [4.78, 5) is 29.0. The Labute approximate surface area is 211 Å². The highest BCUT2D eigenvalue weighted by Crippen LogP contribution is 2.32. The van der Waals surface area contributed by atoms with Gasteiger partial charge in [0.1, 0.15) is 0 Å². The third kappa shape index (κ3) is 7.53. The number of carbonyl (C=O) groups is 2. The summed E-state index contributed by atoms with van der Waals surface area (Å²) in [5, 5.41) is 2.04. The molecule has 2 aromatic rings. The lowest BCUT2D eigenvalue weighted by atomic mass is 9.82. The molecule has 34 heavy (non-hydrogen) atoms. The fourth-order valence-corrected chi connectivity index (χ4v) is 6.01. The number of amides is 1. The highest BCUT2D eigenvalue weighted by atomic mass is 32.1. The molecular weight excluding hydrogens is 438 g/mol. The summed E-state index contributed by atoms with van der Waals surface area (Å²) < 4.78 is 0. The second-order valence-electron chi connectivity index (χ2n) is 11.3. The summed E-state index contributed by atoms with van der Waals surface area (Å²) in [5.74, 6) is 0.921. The first kappa shape index (κ1) is 26.7. The van der Waals surface area contributed by atoms with Crippen LogP contribution in [-0.4, -0.2) is 29.7 Å². The fraction of sp³-hybridized carbons (Fsp3) is 0.600. The predicted octanol–water partition coefficient (Wildman–Crippen LogP) is 7.83. The first-order valence-electron chi connectivity index (χ1n) is 13.1. The Morgan fingerprint density at radius 1 is 1.00 bits per heavy atom. The standard InChI is InChI=1S/C30H43NO2S/c1-22(2)24-16-14-23(15-17-24)10-9-11-25-18-19-34-29(25)27(32)20-30(3,4)21-28(33)31(5)26-12-7-6-8-13-26/h14-19,22,26H,6-13,20-21H2,1-5H3. The molecule has 186 valence electrons. The maximum atomic E-state index is 13.2. The first-order chi connectivity index (χ1) is 16.2. The van der Waals surface area contributed by atoms with E-state index in [2.05, 4.69) is 58.0 Å². The lowest BCUT2D eigenvalue weighted by Gasteiger charge is -2.34. The topological polar surface area (TPSA) is 37.4 Å². The van der Waals surface area contributed by atoms with Gasteiger partial charge in [0.25, 0.3) is 0 Å². The lowest BCUT2D eigenvalue weighted by molar-refractivity contribution is -0.134. The van der Waals surface area contributed by atoms with E-state index in [-0.39, 0.29) is 17.1 Å². The van der Waals surface area contributed by atoms with Gasteiger partial charge in [0.15, 0.2) is 5.78 Å². The largest absolute Gasteiger partial charge is 0.343 e. The van der Waals surface area contributed by atoms with Crippen LogP contribution in [0, 0.1) is 5.41 Å². The van der Waals surface area contributed by atoms with Crippen LogP contribution in [0.25, 0.3) is 0 Å². The Hall–Kier alpha value is -1.94. The van der Waals surface area contributed by atoms with E-state index in [0.717, 1.165) is 42.5 Å². The van der Waals surface area contributed by atoms with Gasteiger partial charge in [-0.15, -0.1) is 11.3 Å². The summed E-state index contributed by atoms with van der Waals surface area (Å²) in [7, 11) is 1.95. The number of carbonyl (C=O) groups excluding carboxylic acids is 2. The number of rotatable bonds is 11. The molecule has 1 aromatic heterocycles. The Bertz CT molecular complexity index is 935. The van der Waals surface area contributed by atoms with Crippen molar-refractivity contribution in [2.24, 2.45) is 5.41 Å². The van der Waals surface area contributed by atoms with Gasteiger partial charge in [0, 0.05) is 25.9 Å². The molecule has 3 nitrogen and oxygen atoms in total. The van der Waals surface area contributed by atoms with Gasteiger partial charge in [-0.25, -0.2) is 0 Å². The van der Waals surface area contributed by atoms with Crippen molar-refractivity contribution in [2.45, 2.75) is 104 Å². The minimum absolute atomic E-state index is 0.180. The molecule has 1 aromatic carbocycles.